The molecule has 14 nitrogen and oxygen atoms in total. The summed E-state index contributed by atoms with van der Waals surface area (Å²) in [5.74, 6) is -0.587. The second kappa shape index (κ2) is 24.3. The minimum absolute atomic E-state index is 0.0684. The Morgan fingerprint density at radius 1 is 0.618 bits per heavy atom. The van der Waals surface area contributed by atoms with Crippen LogP contribution in [0.5, 0.6) is 11.5 Å². The van der Waals surface area contributed by atoms with Crippen molar-refractivity contribution in [3.05, 3.63) is 130 Å². The highest BCUT2D eigenvalue weighted by Crippen LogP contribution is 2.34. The molecule has 0 spiro atoms. The third-order valence-electron chi connectivity index (χ3n) is 12.2. The molecule has 0 amide bonds. The topological polar surface area (TPSA) is 186 Å². The maximum Gasteiger partial charge on any atom is 0.328 e. The van der Waals surface area contributed by atoms with Crippen molar-refractivity contribution in [3.8, 4) is 11.5 Å². The number of aliphatic carboxylic acids is 2. The van der Waals surface area contributed by atoms with E-state index in [0.717, 1.165) is 123 Å². The van der Waals surface area contributed by atoms with E-state index in [1.165, 1.54) is 24.3 Å². The predicted octanol–water partition coefficient (Wildman–Crippen LogP) is 9.96. The highest BCUT2D eigenvalue weighted by atomic mass is 19.1. The zero-order valence-electron chi connectivity index (χ0n) is 38.8. The van der Waals surface area contributed by atoms with E-state index >= 15 is 0 Å². The van der Waals surface area contributed by atoms with Crippen molar-refractivity contribution in [2.75, 3.05) is 52.5 Å². The van der Waals surface area contributed by atoms with Crippen molar-refractivity contribution < 1.29 is 56.7 Å². The Kier molecular flexibility index (Phi) is 18.1. The zero-order valence-corrected chi connectivity index (χ0v) is 38.8. The number of carbonyl (C=O) groups is 4. The van der Waals surface area contributed by atoms with E-state index in [1.54, 1.807) is 26.0 Å². The molecular formula is C52H58F2N4O10. The summed E-state index contributed by atoms with van der Waals surface area (Å²) in [6.07, 6.45) is 7.09. The number of ether oxygens (including phenoxy) is 2. The Balaban J connectivity index is 0.000000193. The van der Waals surface area contributed by atoms with E-state index < -0.39 is 11.9 Å². The van der Waals surface area contributed by atoms with Crippen LogP contribution in [0.3, 0.4) is 0 Å². The summed E-state index contributed by atoms with van der Waals surface area (Å²) in [4.78, 5) is 46.9. The lowest BCUT2D eigenvalue weighted by Gasteiger charge is -2.31. The first-order chi connectivity index (χ1) is 32.6. The lowest BCUT2D eigenvalue weighted by molar-refractivity contribution is -0.134. The fourth-order valence-corrected chi connectivity index (χ4v) is 8.45. The van der Waals surface area contributed by atoms with E-state index in [4.69, 9.17) is 28.7 Å². The van der Waals surface area contributed by atoms with Gasteiger partial charge in [-0.25, -0.2) is 18.4 Å². The molecule has 68 heavy (non-hydrogen) atoms. The highest BCUT2D eigenvalue weighted by molar-refractivity contribution is 5.95. The Labute approximate surface area is 393 Å². The van der Waals surface area contributed by atoms with Gasteiger partial charge < -0.3 is 38.5 Å². The molecule has 2 aromatic heterocycles. The van der Waals surface area contributed by atoms with Gasteiger partial charge in [0.2, 0.25) is 0 Å². The molecule has 2 saturated heterocycles. The molecule has 8 rings (SSSR count). The second-order valence-electron chi connectivity index (χ2n) is 17.1. The molecular weight excluding hydrogens is 879 g/mol. The van der Waals surface area contributed by atoms with Crippen LogP contribution < -0.4 is 9.47 Å². The Morgan fingerprint density at radius 2 is 1.00 bits per heavy atom. The van der Waals surface area contributed by atoms with Crippen molar-refractivity contribution >= 4 is 45.4 Å². The zero-order chi connectivity index (χ0) is 48.7. The third kappa shape index (κ3) is 14.4. The monoisotopic (exact) mass is 936 g/mol. The Morgan fingerprint density at radius 3 is 1.34 bits per heavy atom. The molecule has 0 saturated carbocycles. The fraction of sp³-hybridized carbons (Fsp3) is 0.385. The molecule has 4 heterocycles. The Hall–Kier alpha value is -6.78. The van der Waals surface area contributed by atoms with Gasteiger partial charge >= 0.3 is 11.9 Å². The van der Waals surface area contributed by atoms with Gasteiger partial charge in [-0.05, 0) is 164 Å². The first-order valence-corrected chi connectivity index (χ1v) is 22.8. The number of carbonyl (C=O) groups excluding carboxylic acids is 2. The van der Waals surface area contributed by atoms with Crippen molar-refractivity contribution in [1.82, 2.24) is 20.1 Å². The lowest BCUT2D eigenvalue weighted by atomic mass is 9.91. The van der Waals surface area contributed by atoms with Crippen LogP contribution >= 0.6 is 0 Å². The summed E-state index contributed by atoms with van der Waals surface area (Å²) in [7, 11) is 0. The van der Waals surface area contributed by atoms with Crippen molar-refractivity contribution in [2.24, 2.45) is 0 Å². The molecule has 2 fully saturated rings. The molecule has 0 aliphatic carbocycles. The van der Waals surface area contributed by atoms with Gasteiger partial charge in [0.25, 0.3) is 0 Å². The SMILES string of the molecule is CC(=O)c1ccc(OCCCN2CCC(c3noc4cc(F)ccc34)CC2)c(C)c1.CC(=O)c1ccc(OCCCN2CCC(c3noc4cc(F)ccc34)CC2)c(C)c1.O=C(O)/C=C/C(=O)O. The number of ketones is 2. The number of benzene rings is 4. The number of fused-ring (bicyclic) bond motifs is 2. The number of likely N-dealkylation sites (tertiary alicyclic amines) is 2. The fourth-order valence-electron chi connectivity index (χ4n) is 8.45. The number of aryl methyl sites for hydroxylation is 2. The molecule has 0 bridgehead atoms. The van der Waals surface area contributed by atoms with E-state index in [1.807, 2.05) is 50.2 Å². The average Bonchev–Trinajstić information content (AvgIpc) is 3.94. The van der Waals surface area contributed by atoms with Crippen LogP contribution in [0.15, 0.2) is 94.0 Å². The lowest BCUT2D eigenvalue weighted by Crippen LogP contribution is -2.34. The number of carboxylic acids is 2. The summed E-state index contributed by atoms with van der Waals surface area (Å²) < 4.78 is 49.2. The van der Waals surface area contributed by atoms with Crippen LogP contribution in [0, 0.1) is 25.5 Å². The number of hydrogen-bond acceptors (Lipinski definition) is 12. The molecule has 0 radical (unpaired) electrons. The van der Waals surface area contributed by atoms with Gasteiger partial charge in [-0.15, -0.1) is 0 Å². The number of rotatable bonds is 16. The van der Waals surface area contributed by atoms with E-state index in [9.17, 15) is 28.0 Å². The van der Waals surface area contributed by atoms with E-state index in [2.05, 4.69) is 20.1 Å². The van der Waals surface area contributed by atoms with Crippen molar-refractivity contribution in [1.29, 1.82) is 0 Å². The van der Waals surface area contributed by atoms with Gasteiger partial charge in [-0.2, -0.15) is 0 Å². The highest BCUT2D eigenvalue weighted by Gasteiger charge is 2.26. The van der Waals surface area contributed by atoms with Crippen LogP contribution in [0.25, 0.3) is 21.9 Å². The molecule has 6 aromatic rings. The first kappa shape index (κ1) is 50.6. The van der Waals surface area contributed by atoms with E-state index in [0.29, 0.717) is 59.5 Å². The van der Waals surface area contributed by atoms with Gasteiger partial charge in [-0.1, -0.05) is 10.3 Å². The predicted molar refractivity (Wildman–Crippen MR) is 252 cm³/mol. The maximum atomic E-state index is 13.3. The number of carboxylic acid groups (broad SMARTS) is 2. The van der Waals surface area contributed by atoms with Crippen molar-refractivity contribution in [2.45, 2.75) is 78.1 Å². The summed E-state index contributed by atoms with van der Waals surface area (Å²) in [5, 5.41) is 25.9. The summed E-state index contributed by atoms with van der Waals surface area (Å²) in [6.45, 7) is 14.4. The number of Topliss-reactive ketones (excluding diaryl/α,β-unsaturated/α-hetero) is 2. The first-order valence-electron chi connectivity index (χ1n) is 22.8. The summed E-state index contributed by atoms with van der Waals surface area (Å²) >= 11 is 0. The number of halogens is 2. The van der Waals surface area contributed by atoms with Gasteiger partial charge in [0.15, 0.2) is 22.7 Å². The smallest absolute Gasteiger partial charge is 0.328 e. The Bertz CT molecular complexity index is 2530. The normalized spacial score (nSPS) is 14.9. The molecule has 4 aromatic carbocycles. The largest absolute Gasteiger partial charge is 0.493 e. The van der Waals surface area contributed by atoms with Crippen LogP contribution in [0.1, 0.15) is 107 Å². The average molecular weight is 937 g/mol. The number of hydrogen-bond donors (Lipinski definition) is 2. The molecule has 2 aliphatic rings. The molecule has 360 valence electrons. The van der Waals surface area contributed by atoms with Gasteiger partial charge in [-0.3, -0.25) is 9.59 Å². The molecule has 0 unspecified atom stereocenters. The third-order valence-corrected chi connectivity index (χ3v) is 12.2. The quantitative estimate of drug-likeness (QED) is 0.0530. The summed E-state index contributed by atoms with van der Waals surface area (Å²) in [5.41, 5.74) is 6.37. The van der Waals surface area contributed by atoms with Crippen LogP contribution in [0.2, 0.25) is 0 Å². The molecule has 16 heteroatoms. The van der Waals surface area contributed by atoms with Gasteiger partial charge in [0.05, 0.1) is 24.6 Å². The second-order valence-corrected chi connectivity index (χ2v) is 17.1. The van der Waals surface area contributed by atoms with Crippen molar-refractivity contribution in [3.63, 3.8) is 0 Å². The van der Waals surface area contributed by atoms with Crippen LogP contribution in [-0.4, -0.2) is 106 Å². The number of piperidine rings is 2. The van der Waals surface area contributed by atoms with E-state index in [-0.39, 0.29) is 23.2 Å². The maximum absolute atomic E-state index is 13.3. The van der Waals surface area contributed by atoms with Gasteiger partial charge in [0.1, 0.15) is 23.1 Å². The number of nitrogens with zero attached hydrogens (tertiary/aromatic N) is 4. The molecule has 2 N–H and O–H groups in total. The summed E-state index contributed by atoms with van der Waals surface area (Å²) in [6, 6.07) is 20.4. The molecule has 2 aliphatic heterocycles. The standard InChI is InChI=1S/2C24H27FN2O3.C4H4O4/c2*1-16-14-19(17(2)28)4-7-22(16)29-13-3-10-27-11-8-18(9-12-27)24-21-6-5-20(25)15-23(21)30-26-24;5-3(6)1-2-4(7)8/h2*4-7,14-15,18H,3,8-13H2,1-2H3;1-2H,(H,5,6)(H,7,8)/b;;2-1+. The number of aromatic nitrogens is 2. The van der Waals surface area contributed by atoms with Crippen LogP contribution in [-0.2, 0) is 9.59 Å². The van der Waals surface area contributed by atoms with Gasteiger partial charge in [0, 0.05) is 71.1 Å². The minimum Gasteiger partial charge on any atom is -0.493 e. The minimum atomic E-state index is -1.26. The molecule has 0 atom stereocenters. The van der Waals surface area contributed by atoms with Crippen LogP contribution in [0.4, 0.5) is 8.78 Å².